The first-order valence-electron chi connectivity index (χ1n) is 5.38. The topological polar surface area (TPSA) is 83.1 Å². The molecule has 0 atom stereocenters. The molecular weight excluding hydrogens is 212 g/mol. The molecule has 1 aromatic heterocycles. The lowest BCUT2D eigenvalue weighted by Crippen LogP contribution is -2.10. The van der Waals surface area contributed by atoms with Crippen LogP contribution in [0.4, 0.5) is 0 Å². The minimum atomic E-state index is -0.806. The average Bonchev–Trinajstić information content (AvgIpc) is 2.66. The third kappa shape index (κ3) is 4.72. The second kappa shape index (κ2) is 6.76. The monoisotopic (exact) mass is 228 g/mol. The van der Waals surface area contributed by atoms with Crippen molar-refractivity contribution in [3.8, 4) is 0 Å². The van der Waals surface area contributed by atoms with Gasteiger partial charge < -0.3 is 4.84 Å². The lowest BCUT2D eigenvalue weighted by Gasteiger charge is -1.97. The van der Waals surface area contributed by atoms with Gasteiger partial charge in [0.2, 0.25) is 0 Å². The van der Waals surface area contributed by atoms with Gasteiger partial charge in [-0.2, -0.15) is 0 Å². The Morgan fingerprint density at radius 1 is 1.56 bits per heavy atom. The molecule has 0 aliphatic heterocycles. The number of hydrogen-bond acceptors (Lipinski definition) is 5. The van der Waals surface area contributed by atoms with Crippen LogP contribution in [0, 0.1) is 10.1 Å². The van der Waals surface area contributed by atoms with Gasteiger partial charge in [0, 0.05) is 6.20 Å². The van der Waals surface area contributed by atoms with Crippen molar-refractivity contribution in [1.29, 1.82) is 0 Å². The van der Waals surface area contributed by atoms with E-state index in [0.29, 0.717) is 6.54 Å². The fourth-order valence-electron chi connectivity index (χ4n) is 1.33. The molecule has 1 rings (SSSR count). The highest BCUT2D eigenvalue weighted by atomic mass is 16.9. The predicted octanol–water partition coefficient (Wildman–Crippen LogP) is 1.22. The average molecular weight is 228 g/mol. The molecule has 0 unspecified atom stereocenters. The molecule has 0 aliphatic carbocycles. The zero-order chi connectivity index (χ0) is 11.8. The van der Waals surface area contributed by atoms with Gasteiger partial charge in [-0.1, -0.05) is 25.0 Å². The first kappa shape index (κ1) is 12.4. The van der Waals surface area contributed by atoms with Crippen molar-refractivity contribution in [2.45, 2.75) is 39.2 Å². The van der Waals surface area contributed by atoms with Crippen molar-refractivity contribution >= 4 is 0 Å². The Labute approximate surface area is 93.5 Å². The van der Waals surface area contributed by atoms with Crippen LogP contribution in [-0.2, 0) is 17.8 Å². The SMILES string of the molecule is CCCCCc1cn(CCO[N+](=O)[O-])nn1. The molecule has 0 saturated carbocycles. The molecule has 0 spiro atoms. The van der Waals surface area contributed by atoms with E-state index in [-0.39, 0.29) is 6.61 Å². The molecule has 0 saturated heterocycles. The summed E-state index contributed by atoms with van der Waals surface area (Å²) in [5, 5.41) is 16.9. The van der Waals surface area contributed by atoms with Gasteiger partial charge in [0.1, 0.15) is 6.61 Å². The second-order valence-electron chi connectivity index (χ2n) is 3.49. The Kier molecular flexibility index (Phi) is 5.24. The Morgan fingerprint density at radius 2 is 2.38 bits per heavy atom. The lowest BCUT2D eigenvalue weighted by molar-refractivity contribution is -0.758. The predicted molar refractivity (Wildman–Crippen MR) is 56.2 cm³/mol. The van der Waals surface area contributed by atoms with Crippen molar-refractivity contribution in [3.63, 3.8) is 0 Å². The molecule has 1 heterocycles. The Bertz CT molecular complexity index is 326. The van der Waals surface area contributed by atoms with Gasteiger partial charge >= 0.3 is 0 Å². The molecule has 0 aromatic carbocycles. The van der Waals surface area contributed by atoms with Crippen LogP contribution in [0.2, 0.25) is 0 Å². The summed E-state index contributed by atoms with van der Waals surface area (Å²) in [5.41, 5.74) is 0.926. The summed E-state index contributed by atoms with van der Waals surface area (Å²) in [7, 11) is 0. The molecule has 0 N–H and O–H groups in total. The van der Waals surface area contributed by atoms with Gasteiger partial charge in [-0.25, -0.2) is 0 Å². The quantitative estimate of drug-likeness (QED) is 0.379. The number of rotatable bonds is 8. The molecule has 7 nitrogen and oxygen atoms in total. The molecule has 0 amide bonds. The number of nitrogens with zero attached hydrogens (tertiary/aromatic N) is 4. The maximum absolute atomic E-state index is 9.91. The standard InChI is InChI=1S/C9H16N4O3/c1-2-3-4-5-9-8-12(11-10-9)6-7-16-13(14)15/h8H,2-7H2,1H3. The van der Waals surface area contributed by atoms with Crippen LogP contribution in [0.1, 0.15) is 31.9 Å². The van der Waals surface area contributed by atoms with E-state index in [1.807, 2.05) is 0 Å². The van der Waals surface area contributed by atoms with Crippen molar-refractivity contribution in [3.05, 3.63) is 22.0 Å². The molecule has 1 aromatic rings. The smallest absolute Gasteiger partial charge is 0.294 e. The van der Waals surface area contributed by atoms with E-state index in [9.17, 15) is 10.1 Å². The Hall–Kier alpha value is -1.66. The highest BCUT2D eigenvalue weighted by Gasteiger charge is 2.01. The first-order valence-corrected chi connectivity index (χ1v) is 5.38. The minimum absolute atomic E-state index is 0.00472. The Morgan fingerprint density at radius 3 is 3.06 bits per heavy atom. The van der Waals surface area contributed by atoms with Crippen molar-refractivity contribution < 1.29 is 9.92 Å². The maximum atomic E-state index is 9.91. The fraction of sp³-hybridized carbons (Fsp3) is 0.778. The highest BCUT2D eigenvalue weighted by Crippen LogP contribution is 2.02. The van der Waals surface area contributed by atoms with Crippen LogP contribution in [0.25, 0.3) is 0 Å². The third-order valence-electron chi connectivity index (χ3n) is 2.14. The van der Waals surface area contributed by atoms with Crippen LogP contribution in [0.15, 0.2) is 6.20 Å². The summed E-state index contributed by atoms with van der Waals surface area (Å²) < 4.78 is 1.56. The van der Waals surface area contributed by atoms with Crippen LogP contribution < -0.4 is 0 Å². The van der Waals surface area contributed by atoms with E-state index in [1.165, 1.54) is 12.8 Å². The minimum Gasteiger partial charge on any atom is -0.312 e. The number of hydrogen-bond donors (Lipinski definition) is 0. The molecule has 0 fully saturated rings. The van der Waals surface area contributed by atoms with Crippen LogP contribution in [0.5, 0.6) is 0 Å². The number of aromatic nitrogens is 3. The normalized spacial score (nSPS) is 10.3. The summed E-state index contributed by atoms with van der Waals surface area (Å²) in [6.45, 7) is 2.50. The van der Waals surface area contributed by atoms with Crippen molar-refractivity contribution in [2.24, 2.45) is 0 Å². The Balaban J connectivity index is 2.25. The molecule has 90 valence electrons. The van der Waals surface area contributed by atoms with E-state index >= 15 is 0 Å². The van der Waals surface area contributed by atoms with Crippen molar-refractivity contribution in [2.75, 3.05) is 6.61 Å². The zero-order valence-corrected chi connectivity index (χ0v) is 9.33. The van der Waals surface area contributed by atoms with Crippen LogP contribution in [0.3, 0.4) is 0 Å². The van der Waals surface area contributed by atoms with E-state index < -0.39 is 5.09 Å². The van der Waals surface area contributed by atoms with Crippen molar-refractivity contribution in [1.82, 2.24) is 15.0 Å². The van der Waals surface area contributed by atoms with Gasteiger partial charge in [0.15, 0.2) is 0 Å². The first-order chi connectivity index (χ1) is 7.72. The van der Waals surface area contributed by atoms with Crippen LogP contribution in [-0.4, -0.2) is 26.7 Å². The lowest BCUT2D eigenvalue weighted by atomic mass is 10.2. The summed E-state index contributed by atoms with van der Waals surface area (Å²) in [4.78, 5) is 14.1. The van der Waals surface area contributed by atoms with Crippen LogP contribution >= 0.6 is 0 Å². The highest BCUT2D eigenvalue weighted by molar-refractivity contribution is 4.91. The van der Waals surface area contributed by atoms with Gasteiger partial charge in [0.25, 0.3) is 5.09 Å². The van der Waals surface area contributed by atoms with E-state index in [1.54, 1.807) is 10.9 Å². The summed E-state index contributed by atoms with van der Waals surface area (Å²) in [6.07, 6.45) is 6.16. The summed E-state index contributed by atoms with van der Waals surface area (Å²) in [5.74, 6) is 0. The fourth-order valence-corrected chi connectivity index (χ4v) is 1.33. The van der Waals surface area contributed by atoms with E-state index in [4.69, 9.17) is 0 Å². The van der Waals surface area contributed by atoms with Gasteiger partial charge in [-0.05, 0) is 12.8 Å². The summed E-state index contributed by atoms with van der Waals surface area (Å²) in [6, 6.07) is 0. The second-order valence-corrected chi connectivity index (χ2v) is 3.49. The number of aryl methyl sites for hydroxylation is 1. The third-order valence-corrected chi connectivity index (χ3v) is 2.14. The molecular formula is C9H16N4O3. The summed E-state index contributed by atoms with van der Waals surface area (Å²) >= 11 is 0. The van der Waals surface area contributed by atoms with E-state index in [0.717, 1.165) is 18.5 Å². The molecule has 16 heavy (non-hydrogen) atoms. The molecule has 0 aliphatic rings. The van der Waals surface area contributed by atoms with Gasteiger partial charge in [-0.15, -0.1) is 15.2 Å². The van der Waals surface area contributed by atoms with E-state index in [2.05, 4.69) is 22.1 Å². The molecule has 0 bridgehead atoms. The zero-order valence-electron chi connectivity index (χ0n) is 9.33. The maximum Gasteiger partial charge on any atom is 0.294 e. The number of unbranched alkanes of at least 4 members (excludes halogenated alkanes) is 2. The van der Waals surface area contributed by atoms with Gasteiger partial charge in [0.05, 0.1) is 12.2 Å². The molecule has 0 radical (unpaired) electrons. The molecule has 7 heteroatoms. The largest absolute Gasteiger partial charge is 0.312 e. The van der Waals surface area contributed by atoms with Gasteiger partial charge in [-0.3, -0.25) is 4.68 Å².